The van der Waals surface area contributed by atoms with Gasteiger partial charge in [-0.1, -0.05) is 97.1 Å². The van der Waals surface area contributed by atoms with Crippen molar-refractivity contribution in [3.8, 4) is 11.1 Å². The largest absolute Gasteiger partial charge is 0.321 e. The molecule has 43 heavy (non-hydrogen) atoms. The van der Waals surface area contributed by atoms with Gasteiger partial charge in [0.25, 0.3) is 11.8 Å². The topological polar surface area (TPSA) is 75.3 Å². The lowest BCUT2D eigenvalue weighted by atomic mass is 10.0. The summed E-state index contributed by atoms with van der Waals surface area (Å²) in [5, 5.41) is 5.39. The molecule has 0 bridgehead atoms. The third-order valence-electron chi connectivity index (χ3n) is 6.51. The molecule has 0 fully saturated rings. The van der Waals surface area contributed by atoms with E-state index in [0.717, 1.165) is 16.0 Å². The van der Waals surface area contributed by atoms with Crippen LogP contribution in [0.1, 0.15) is 26.3 Å². The van der Waals surface area contributed by atoms with Crippen molar-refractivity contribution in [1.29, 1.82) is 0 Å². The maximum absolute atomic E-state index is 14.4. The smallest absolute Gasteiger partial charge is 0.272 e. The van der Waals surface area contributed by atoms with Gasteiger partial charge in [-0.25, -0.2) is 4.39 Å². The van der Waals surface area contributed by atoms with Crippen molar-refractivity contribution < 1.29 is 18.8 Å². The van der Waals surface area contributed by atoms with Crippen LogP contribution in [0.15, 0.2) is 144 Å². The molecule has 0 aliphatic rings. The molecule has 5 nitrogen and oxygen atoms in total. The van der Waals surface area contributed by atoms with E-state index < -0.39 is 17.6 Å². The van der Waals surface area contributed by atoms with Crippen LogP contribution in [-0.2, 0) is 4.79 Å². The van der Waals surface area contributed by atoms with Crippen LogP contribution in [0.25, 0.3) is 17.2 Å². The maximum Gasteiger partial charge on any atom is 0.272 e. The Hall–Kier alpha value is -5.27. The lowest BCUT2D eigenvalue weighted by Crippen LogP contribution is -2.30. The molecule has 5 aromatic carbocycles. The first-order chi connectivity index (χ1) is 21.0. The Morgan fingerprint density at radius 2 is 1.33 bits per heavy atom. The normalized spacial score (nSPS) is 11.0. The van der Waals surface area contributed by atoms with Gasteiger partial charge in [0.05, 0.1) is 5.75 Å². The number of rotatable bonds is 10. The third kappa shape index (κ3) is 7.93. The lowest BCUT2D eigenvalue weighted by molar-refractivity contribution is -0.113. The molecule has 7 heteroatoms. The molecule has 5 aromatic rings. The highest BCUT2D eigenvalue weighted by molar-refractivity contribution is 8.00. The number of carbonyl (C=O) groups is 3. The number of halogens is 1. The molecule has 0 atom stereocenters. The predicted octanol–water partition coefficient (Wildman–Crippen LogP) is 7.88. The van der Waals surface area contributed by atoms with E-state index in [1.807, 2.05) is 60.7 Å². The number of hydrogen-bond acceptors (Lipinski definition) is 4. The van der Waals surface area contributed by atoms with Gasteiger partial charge in [-0.2, -0.15) is 0 Å². The van der Waals surface area contributed by atoms with Crippen LogP contribution in [-0.4, -0.2) is 23.4 Å². The maximum atomic E-state index is 14.4. The molecule has 0 heterocycles. The zero-order valence-corrected chi connectivity index (χ0v) is 23.8. The molecule has 0 aliphatic heterocycles. The summed E-state index contributed by atoms with van der Waals surface area (Å²) in [7, 11) is 0. The summed E-state index contributed by atoms with van der Waals surface area (Å²) >= 11 is 1.35. The Morgan fingerprint density at radius 1 is 0.674 bits per heavy atom. The van der Waals surface area contributed by atoms with E-state index in [4.69, 9.17) is 0 Å². The van der Waals surface area contributed by atoms with E-state index in [2.05, 4.69) is 10.6 Å². The van der Waals surface area contributed by atoms with Crippen molar-refractivity contribution in [2.75, 3.05) is 11.1 Å². The second-order valence-electron chi connectivity index (χ2n) is 9.54. The quantitative estimate of drug-likeness (QED) is 0.0992. The highest BCUT2D eigenvalue weighted by Crippen LogP contribution is 2.25. The zero-order chi connectivity index (χ0) is 30.0. The van der Waals surface area contributed by atoms with Crippen molar-refractivity contribution in [2.24, 2.45) is 0 Å². The highest BCUT2D eigenvalue weighted by Gasteiger charge is 2.16. The second-order valence-corrected chi connectivity index (χ2v) is 10.6. The minimum atomic E-state index is -0.621. The number of anilines is 1. The van der Waals surface area contributed by atoms with Gasteiger partial charge in [0.1, 0.15) is 11.5 Å². The standard InChI is InChI=1S/C36H27FN2O3S/c37-32-17-8-7-14-29(32)22-33(39-35(41)28-12-5-2-6-13-28)36(42)38-30-15-9-16-31(23-30)43-24-34(40)27-20-18-26(19-21-27)25-10-3-1-4-11-25/h1-23H,24H2,(H,38,42)(H,39,41)/b33-22-. The van der Waals surface area contributed by atoms with E-state index >= 15 is 0 Å². The first kappa shape index (κ1) is 29.2. The number of hydrogen-bond donors (Lipinski definition) is 2. The van der Waals surface area contributed by atoms with E-state index in [0.29, 0.717) is 16.8 Å². The monoisotopic (exact) mass is 586 g/mol. The summed E-state index contributed by atoms with van der Waals surface area (Å²) < 4.78 is 14.4. The van der Waals surface area contributed by atoms with Crippen molar-refractivity contribution in [3.63, 3.8) is 0 Å². The molecule has 0 unspecified atom stereocenters. The van der Waals surface area contributed by atoms with Crippen molar-refractivity contribution in [2.45, 2.75) is 4.90 Å². The molecule has 0 saturated heterocycles. The number of Topliss-reactive ketones (excluding diaryl/α,β-unsaturated/α-hetero) is 1. The molecule has 0 radical (unpaired) electrons. The van der Waals surface area contributed by atoms with Crippen LogP contribution in [0.4, 0.5) is 10.1 Å². The van der Waals surface area contributed by atoms with Crippen LogP contribution in [0.2, 0.25) is 0 Å². The Morgan fingerprint density at radius 3 is 2.05 bits per heavy atom. The van der Waals surface area contributed by atoms with Gasteiger partial charge in [0, 0.05) is 27.3 Å². The molecular formula is C36H27FN2O3S. The van der Waals surface area contributed by atoms with Gasteiger partial charge in [0.15, 0.2) is 5.78 Å². The van der Waals surface area contributed by atoms with Crippen LogP contribution in [0, 0.1) is 5.82 Å². The number of thioether (sulfide) groups is 1. The summed E-state index contributed by atoms with van der Waals surface area (Å²) in [5.41, 5.74) is 3.59. The van der Waals surface area contributed by atoms with E-state index in [9.17, 15) is 18.8 Å². The number of ketones is 1. The SMILES string of the molecule is O=C(Nc1cccc(SCC(=O)c2ccc(-c3ccccc3)cc2)c1)/C(=C/c1ccccc1F)NC(=O)c1ccccc1. The second kappa shape index (κ2) is 14.1. The first-order valence-corrected chi connectivity index (χ1v) is 14.5. The average molecular weight is 587 g/mol. The fourth-order valence-electron chi connectivity index (χ4n) is 4.26. The van der Waals surface area contributed by atoms with E-state index in [1.165, 1.54) is 30.0 Å². The minimum absolute atomic E-state index is 0.0159. The summed E-state index contributed by atoms with van der Waals surface area (Å²) in [6.07, 6.45) is 1.30. The molecule has 2 amide bonds. The Kier molecular flexibility index (Phi) is 9.56. The minimum Gasteiger partial charge on any atom is -0.321 e. The highest BCUT2D eigenvalue weighted by atomic mass is 32.2. The third-order valence-corrected chi connectivity index (χ3v) is 7.50. The Bertz CT molecular complexity index is 1770. The van der Waals surface area contributed by atoms with Crippen LogP contribution < -0.4 is 10.6 Å². The summed E-state index contributed by atoms with van der Waals surface area (Å²) in [6, 6.07) is 39.0. The van der Waals surface area contributed by atoms with E-state index in [-0.39, 0.29) is 22.8 Å². The van der Waals surface area contributed by atoms with Gasteiger partial charge in [0.2, 0.25) is 0 Å². The van der Waals surface area contributed by atoms with Crippen molar-refractivity contribution >= 4 is 41.1 Å². The Labute approximate surface area is 253 Å². The molecule has 212 valence electrons. The number of benzene rings is 5. The zero-order valence-electron chi connectivity index (χ0n) is 23.0. The van der Waals surface area contributed by atoms with Gasteiger partial charge >= 0.3 is 0 Å². The molecular weight excluding hydrogens is 559 g/mol. The predicted molar refractivity (Wildman–Crippen MR) is 170 cm³/mol. The van der Waals surface area contributed by atoms with Crippen LogP contribution in [0.3, 0.4) is 0 Å². The van der Waals surface area contributed by atoms with Gasteiger partial charge in [-0.15, -0.1) is 11.8 Å². The molecule has 0 saturated carbocycles. The van der Waals surface area contributed by atoms with Gasteiger partial charge in [-0.3, -0.25) is 14.4 Å². The first-order valence-electron chi connectivity index (χ1n) is 13.5. The summed E-state index contributed by atoms with van der Waals surface area (Å²) in [6.45, 7) is 0. The Balaban J connectivity index is 1.26. The summed E-state index contributed by atoms with van der Waals surface area (Å²) in [5.74, 6) is -1.45. The molecule has 5 rings (SSSR count). The molecule has 2 N–H and O–H groups in total. The fraction of sp³-hybridized carbons (Fsp3) is 0.0278. The number of amides is 2. The van der Waals surface area contributed by atoms with Gasteiger partial charge in [-0.05, 0) is 53.6 Å². The van der Waals surface area contributed by atoms with Gasteiger partial charge < -0.3 is 10.6 Å². The fourth-order valence-corrected chi connectivity index (χ4v) is 5.11. The molecule has 0 aliphatic carbocycles. The van der Waals surface area contributed by atoms with Crippen LogP contribution in [0.5, 0.6) is 0 Å². The molecule has 0 spiro atoms. The molecule has 0 aromatic heterocycles. The van der Waals surface area contributed by atoms with Crippen molar-refractivity contribution in [3.05, 3.63) is 162 Å². The van der Waals surface area contributed by atoms with Crippen molar-refractivity contribution in [1.82, 2.24) is 5.32 Å². The van der Waals surface area contributed by atoms with E-state index in [1.54, 1.807) is 60.7 Å². The summed E-state index contributed by atoms with van der Waals surface area (Å²) in [4.78, 5) is 39.8. The number of nitrogens with one attached hydrogen (secondary N) is 2. The lowest BCUT2D eigenvalue weighted by Gasteiger charge is -2.12. The average Bonchev–Trinajstić information content (AvgIpc) is 3.05. The van der Waals surface area contributed by atoms with Crippen LogP contribution >= 0.6 is 11.8 Å². The number of carbonyl (C=O) groups excluding carboxylic acids is 3.